The van der Waals surface area contributed by atoms with Gasteiger partial charge in [-0.15, -0.1) is 0 Å². The lowest BCUT2D eigenvalue weighted by molar-refractivity contribution is -0.141. The number of carbonyl (C=O) groups is 3. The van der Waals surface area contributed by atoms with Gasteiger partial charge in [0, 0.05) is 26.2 Å². The van der Waals surface area contributed by atoms with Crippen molar-refractivity contribution in [2.75, 3.05) is 32.7 Å². The van der Waals surface area contributed by atoms with Gasteiger partial charge < -0.3 is 10.2 Å². The van der Waals surface area contributed by atoms with Crippen molar-refractivity contribution in [3.8, 4) is 0 Å². The third kappa shape index (κ3) is 3.38. The predicted octanol–water partition coefficient (Wildman–Crippen LogP) is 0.647. The third-order valence-electron chi connectivity index (χ3n) is 5.79. The number of sulfonamides is 1. The lowest BCUT2D eigenvalue weighted by Crippen LogP contribution is -2.54. The van der Waals surface area contributed by atoms with Crippen molar-refractivity contribution in [1.82, 2.24) is 19.4 Å². The van der Waals surface area contributed by atoms with Crippen LogP contribution in [0.25, 0.3) is 0 Å². The van der Waals surface area contributed by atoms with E-state index in [0.717, 1.165) is 11.3 Å². The Balaban J connectivity index is 1.37. The van der Waals surface area contributed by atoms with Crippen LogP contribution >= 0.6 is 11.6 Å². The maximum atomic E-state index is 12.8. The maximum absolute atomic E-state index is 12.8. The van der Waals surface area contributed by atoms with E-state index in [4.69, 9.17) is 11.6 Å². The quantitative estimate of drug-likeness (QED) is 0.691. The SMILES string of the molecule is O=C(CN1C(=O)NC2(CCC2)C1=O)N1CCN(S(=O)(=O)c2ccccc2Cl)CC1. The highest BCUT2D eigenvalue weighted by Gasteiger charge is 2.55. The largest absolute Gasteiger partial charge is 0.338 e. The monoisotopic (exact) mass is 440 g/mol. The normalized spacial score (nSPS) is 22.0. The molecule has 1 aliphatic carbocycles. The molecule has 1 spiro atoms. The van der Waals surface area contributed by atoms with Crippen LogP contribution in [0, 0.1) is 0 Å². The summed E-state index contributed by atoms with van der Waals surface area (Å²) in [6.07, 6.45) is 2.07. The lowest BCUT2D eigenvalue weighted by atomic mass is 9.77. The minimum atomic E-state index is -3.76. The van der Waals surface area contributed by atoms with Crippen LogP contribution in [0.4, 0.5) is 4.79 Å². The fourth-order valence-corrected chi connectivity index (χ4v) is 5.81. The summed E-state index contributed by atoms with van der Waals surface area (Å²) in [6.45, 7) is 0.255. The fourth-order valence-electron chi connectivity index (χ4n) is 3.90. The molecule has 0 radical (unpaired) electrons. The van der Waals surface area contributed by atoms with Crippen molar-refractivity contribution in [1.29, 1.82) is 0 Å². The highest BCUT2D eigenvalue weighted by atomic mass is 35.5. The molecular weight excluding hydrogens is 420 g/mol. The Morgan fingerprint density at radius 2 is 1.76 bits per heavy atom. The number of amides is 4. The highest BCUT2D eigenvalue weighted by Crippen LogP contribution is 2.37. The van der Waals surface area contributed by atoms with Crippen LogP contribution in [0.15, 0.2) is 29.2 Å². The molecule has 3 aliphatic rings. The summed E-state index contributed by atoms with van der Waals surface area (Å²) in [4.78, 5) is 39.7. The molecule has 1 aromatic carbocycles. The molecule has 2 aliphatic heterocycles. The number of rotatable bonds is 4. The molecule has 0 bridgehead atoms. The molecule has 4 rings (SSSR count). The Bertz CT molecular complexity index is 970. The highest BCUT2D eigenvalue weighted by molar-refractivity contribution is 7.89. The second kappa shape index (κ2) is 7.26. The molecule has 9 nitrogen and oxygen atoms in total. The van der Waals surface area contributed by atoms with Gasteiger partial charge >= 0.3 is 6.03 Å². The average molecular weight is 441 g/mol. The van der Waals surface area contributed by atoms with Crippen molar-refractivity contribution in [3.05, 3.63) is 29.3 Å². The molecule has 1 saturated carbocycles. The summed E-state index contributed by atoms with van der Waals surface area (Å²) in [7, 11) is -3.76. The van der Waals surface area contributed by atoms with Gasteiger partial charge in [0.25, 0.3) is 5.91 Å². The molecule has 2 heterocycles. The first-order valence-corrected chi connectivity index (χ1v) is 11.2. The molecule has 11 heteroatoms. The van der Waals surface area contributed by atoms with Crippen molar-refractivity contribution in [2.45, 2.75) is 29.7 Å². The number of nitrogens with zero attached hydrogens (tertiary/aromatic N) is 3. The van der Waals surface area contributed by atoms with E-state index in [-0.39, 0.29) is 54.5 Å². The molecule has 0 atom stereocenters. The molecule has 0 aromatic heterocycles. The van der Waals surface area contributed by atoms with E-state index in [1.54, 1.807) is 12.1 Å². The van der Waals surface area contributed by atoms with Gasteiger partial charge in [-0.2, -0.15) is 4.31 Å². The second-order valence-electron chi connectivity index (χ2n) is 7.47. The minimum Gasteiger partial charge on any atom is -0.338 e. The zero-order valence-corrected chi connectivity index (χ0v) is 17.2. The van der Waals surface area contributed by atoms with Crippen molar-refractivity contribution in [2.24, 2.45) is 0 Å². The first-order valence-electron chi connectivity index (χ1n) is 9.41. The number of imide groups is 1. The van der Waals surface area contributed by atoms with E-state index >= 15 is 0 Å². The van der Waals surface area contributed by atoms with Gasteiger partial charge in [0.1, 0.15) is 17.0 Å². The Hall–Kier alpha value is -2.17. The average Bonchev–Trinajstić information content (AvgIpc) is 2.93. The number of hydrogen-bond donors (Lipinski definition) is 1. The van der Waals surface area contributed by atoms with Crippen LogP contribution in [0.1, 0.15) is 19.3 Å². The van der Waals surface area contributed by atoms with Gasteiger partial charge in [-0.3, -0.25) is 14.5 Å². The Labute approximate surface area is 173 Å². The van der Waals surface area contributed by atoms with E-state index in [1.165, 1.54) is 21.3 Å². The van der Waals surface area contributed by atoms with Crippen molar-refractivity contribution in [3.63, 3.8) is 0 Å². The summed E-state index contributed by atoms with van der Waals surface area (Å²) in [5.74, 6) is -0.721. The Morgan fingerprint density at radius 3 is 2.31 bits per heavy atom. The molecule has 2 saturated heterocycles. The first kappa shape index (κ1) is 20.1. The number of urea groups is 1. The lowest BCUT2D eigenvalue weighted by Gasteiger charge is -2.36. The van der Waals surface area contributed by atoms with Crippen molar-refractivity contribution < 1.29 is 22.8 Å². The summed E-state index contributed by atoms with van der Waals surface area (Å²) in [6, 6.07) is 5.68. The summed E-state index contributed by atoms with van der Waals surface area (Å²) in [5, 5.41) is 2.84. The van der Waals surface area contributed by atoms with E-state index in [0.29, 0.717) is 12.8 Å². The van der Waals surface area contributed by atoms with E-state index < -0.39 is 21.6 Å². The summed E-state index contributed by atoms with van der Waals surface area (Å²) < 4.78 is 26.9. The van der Waals surface area contributed by atoms with Gasteiger partial charge in [-0.05, 0) is 31.4 Å². The maximum Gasteiger partial charge on any atom is 0.325 e. The van der Waals surface area contributed by atoms with Crippen molar-refractivity contribution >= 4 is 39.5 Å². The number of carbonyl (C=O) groups excluding carboxylic acids is 3. The summed E-state index contributed by atoms with van der Waals surface area (Å²) >= 11 is 6.02. The minimum absolute atomic E-state index is 0.0339. The molecule has 4 amide bonds. The van der Waals surface area contributed by atoms with Gasteiger partial charge in [-0.1, -0.05) is 23.7 Å². The molecule has 156 valence electrons. The third-order valence-corrected chi connectivity index (χ3v) is 8.19. The molecular formula is C18H21ClN4O5S. The Kier molecular flexibility index (Phi) is 5.04. The number of halogens is 1. The van der Waals surface area contributed by atoms with Gasteiger partial charge in [0.05, 0.1) is 5.02 Å². The van der Waals surface area contributed by atoms with Crippen LogP contribution < -0.4 is 5.32 Å². The smallest absolute Gasteiger partial charge is 0.325 e. The predicted molar refractivity (Wildman–Crippen MR) is 104 cm³/mol. The van der Waals surface area contributed by atoms with E-state index in [2.05, 4.69) is 5.32 Å². The van der Waals surface area contributed by atoms with E-state index in [9.17, 15) is 22.8 Å². The molecule has 3 fully saturated rings. The summed E-state index contributed by atoms with van der Waals surface area (Å²) in [5.41, 5.74) is -0.820. The number of hydrogen-bond acceptors (Lipinski definition) is 5. The topological polar surface area (TPSA) is 107 Å². The van der Waals surface area contributed by atoms with E-state index in [1.807, 2.05) is 0 Å². The van der Waals surface area contributed by atoms with Crippen LogP contribution in [0.5, 0.6) is 0 Å². The van der Waals surface area contributed by atoms with Crippen LogP contribution in [0.2, 0.25) is 5.02 Å². The zero-order valence-electron chi connectivity index (χ0n) is 15.6. The van der Waals surface area contributed by atoms with Crippen LogP contribution in [0.3, 0.4) is 0 Å². The number of piperazine rings is 1. The Morgan fingerprint density at radius 1 is 1.10 bits per heavy atom. The van der Waals surface area contributed by atoms with Gasteiger partial charge in [-0.25, -0.2) is 13.2 Å². The fraction of sp³-hybridized carbons (Fsp3) is 0.500. The van der Waals surface area contributed by atoms with Gasteiger partial charge in [0.15, 0.2) is 0 Å². The molecule has 0 unspecified atom stereocenters. The zero-order chi connectivity index (χ0) is 20.8. The van der Waals surface area contributed by atoms with Crippen LogP contribution in [-0.4, -0.2) is 78.6 Å². The number of benzene rings is 1. The molecule has 29 heavy (non-hydrogen) atoms. The molecule has 1 N–H and O–H groups in total. The van der Waals surface area contributed by atoms with Gasteiger partial charge in [0.2, 0.25) is 15.9 Å². The standard InChI is InChI=1S/C18H21ClN4O5S/c19-13-4-1-2-5-14(13)29(27,28)22-10-8-21(9-11-22)15(24)12-23-16(25)18(6-3-7-18)20-17(23)26/h1-2,4-5H,3,6-12H2,(H,20,26). The first-order chi connectivity index (χ1) is 13.7. The molecule has 1 aromatic rings. The number of nitrogens with one attached hydrogen (secondary N) is 1. The second-order valence-corrected chi connectivity index (χ2v) is 9.79. The van der Waals surface area contributed by atoms with Crippen LogP contribution in [-0.2, 0) is 19.6 Å².